The summed E-state index contributed by atoms with van der Waals surface area (Å²) in [6.45, 7) is -0.279. The highest BCUT2D eigenvalue weighted by molar-refractivity contribution is 5.82. The zero-order valence-corrected chi connectivity index (χ0v) is 17.2. The van der Waals surface area contributed by atoms with Gasteiger partial charge in [0.05, 0.1) is 34.0 Å². The Morgan fingerprint density at radius 3 is 2.27 bits per heavy atom. The first-order valence-corrected chi connectivity index (χ1v) is 9.13. The second-order valence-electron chi connectivity index (χ2n) is 6.56. The number of aliphatic carboxylic acids is 1. The largest absolute Gasteiger partial charge is 0.497 e. The van der Waals surface area contributed by atoms with Crippen molar-refractivity contribution >= 4 is 16.9 Å². The van der Waals surface area contributed by atoms with Crippen LogP contribution >= 0.6 is 0 Å². The van der Waals surface area contributed by atoms with Crippen molar-refractivity contribution in [2.24, 2.45) is 0 Å². The number of carbonyl (C=O) groups is 1. The molecule has 0 aliphatic rings. The number of aromatic nitrogens is 1. The molecule has 30 heavy (non-hydrogen) atoms. The minimum absolute atomic E-state index is 0.206. The molecular formula is C22H23NO7. The van der Waals surface area contributed by atoms with Gasteiger partial charge in [0.15, 0.2) is 16.9 Å². The minimum atomic E-state index is -1.01. The molecule has 1 aromatic heterocycles. The zero-order valence-electron chi connectivity index (χ0n) is 17.2. The number of carboxylic acids is 1. The Morgan fingerprint density at radius 1 is 0.933 bits per heavy atom. The highest BCUT2D eigenvalue weighted by Crippen LogP contribution is 2.40. The molecule has 2 aromatic carbocycles. The maximum Gasteiger partial charge on any atom is 0.323 e. The van der Waals surface area contributed by atoms with Gasteiger partial charge in [-0.1, -0.05) is 6.07 Å². The molecule has 0 spiro atoms. The summed E-state index contributed by atoms with van der Waals surface area (Å²) in [5, 5.41) is 9.69. The SMILES string of the molecule is COc1ccc2c(c1)c(=O)c(Cc1ccc(OC)c(OC)c1OC)cn2CC(=O)O. The smallest absolute Gasteiger partial charge is 0.323 e. The molecule has 3 aromatic rings. The molecule has 8 heteroatoms. The van der Waals surface area contributed by atoms with E-state index in [9.17, 15) is 14.7 Å². The van der Waals surface area contributed by atoms with Crippen molar-refractivity contribution < 1.29 is 28.8 Å². The summed E-state index contributed by atoms with van der Waals surface area (Å²) in [7, 11) is 6.05. The van der Waals surface area contributed by atoms with Gasteiger partial charge in [-0.2, -0.15) is 0 Å². The fourth-order valence-corrected chi connectivity index (χ4v) is 3.47. The predicted molar refractivity (Wildman–Crippen MR) is 111 cm³/mol. The highest BCUT2D eigenvalue weighted by Gasteiger charge is 2.19. The lowest BCUT2D eigenvalue weighted by Crippen LogP contribution is -2.18. The van der Waals surface area contributed by atoms with Crippen LogP contribution < -0.4 is 24.4 Å². The van der Waals surface area contributed by atoms with Crippen molar-refractivity contribution in [2.45, 2.75) is 13.0 Å². The van der Waals surface area contributed by atoms with Crippen LogP contribution in [0.2, 0.25) is 0 Å². The predicted octanol–water partition coefficient (Wildman–Crippen LogP) is 2.71. The van der Waals surface area contributed by atoms with E-state index >= 15 is 0 Å². The van der Waals surface area contributed by atoms with E-state index in [1.807, 2.05) is 0 Å². The van der Waals surface area contributed by atoms with E-state index in [4.69, 9.17) is 18.9 Å². The molecule has 0 unspecified atom stereocenters. The number of ether oxygens (including phenoxy) is 4. The molecule has 158 valence electrons. The van der Waals surface area contributed by atoms with Crippen LogP contribution in [0.5, 0.6) is 23.0 Å². The number of methoxy groups -OCH3 is 4. The maximum absolute atomic E-state index is 13.2. The molecule has 1 heterocycles. The fourth-order valence-electron chi connectivity index (χ4n) is 3.47. The lowest BCUT2D eigenvalue weighted by Gasteiger charge is -2.17. The molecule has 0 saturated carbocycles. The molecule has 1 N–H and O–H groups in total. The van der Waals surface area contributed by atoms with E-state index in [1.165, 1.54) is 28.4 Å². The molecule has 0 fully saturated rings. The molecule has 8 nitrogen and oxygen atoms in total. The molecule has 0 aliphatic carbocycles. The number of fused-ring (bicyclic) bond motifs is 1. The van der Waals surface area contributed by atoms with E-state index in [-0.39, 0.29) is 18.4 Å². The van der Waals surface area contributed by atoms with Crippen molar-refractivity contribution in [3.63, 3.8) is 0 Å². The van der Waals surface area contributed by atoms with Crippen LogP contribution in [0.4, 0.5) is 0 Å². The van der Waals surface area contributed by atoms with Gasteiger partial charge in [-0.15, -0.1) is 0 Å². The van der Waals surface area contributed by atoms with Gasteiger partial charge in [0, 0.05) is 29.1 Å². The molecule has 0 aliphatic heterocycles. The van der Waals surface area contributed by atoms with Gasteiger partial charge in [0.25, 0.3) is 0 Å². The molecule has 0 saturated heterocycles. The summed E-state index contributed by atoms with van der Waals surface area (Å²) >= 11 is 0. The van der Waals surface area contributed by atoms with Crippen LogP contribution in [0.15, 0.2) is 41.3 Å². The molecule has 0 amide bonds. The Bertz CT molecular complexity index is 1150. The Morgan fingerprint density at radius 2 is 1.67 bits per heavy atom. The Labute approximate surface area is 173 Å². The third-order valence-corrected chi connectivity index (χ3v) is 4.83. The first-order chi connectivity index (χ1) is 14.4. The van der Waals surface area contributed by atoms with E-state index < -0.39 is 5.97 Å². The van der Waals surface area contributed by atoms with Crippen LogP contribution in [0, 0.1) is 0 Å². The normalized spacial score (nSPS) is 10.7. The highest BCUT2D eigenvalue weighted by atomic mass is 16.5. The van der Waals surface area contributed by atoms with Gasteiger partial charge < -0.3 is 28.6 Å². The van der Waals surface area contributed by atoms with Crippen LogP contribution in [0.3, 0.4) is 0 Å². The first kappa shape index (κ1) is 21.0. The summed E-state index contributed by atoms with van der Waals surface area (Å²) in [4.78, 5) is 24.6. The number of hydrogen-bond donors (Lipinski definition) is 1. The summed E-state index contributed by atoms with van der Waals surface area (Å²) < 4.78 is 23.0. The average molecular weight is 413 g/mol. The van der Waals surface area contributed by atoms with Gasteiger partial charge in [0.2, 0.25) is 5.75 Å². The van der Waals surface area contributed by atoms with Gasteiger partial charge in [0.1, 0.15) is 12.3 Å². The average Bonchev–Trinajstić information content (AvgIpc) is 2.75. The number of pyridine rings is 1. The van der Waals surface area contributed by atoms with Crippen LogP contribution in [0.1, 0.15) is 11.1 Å². The molecule has 3 rings (SSSR count). The Kier molecular flexibility index (Phi) is 6.15. The lowest BCUT2D eigenvalue weighted by atomic mass is 10.0. The summed E-state index contributed by atoms with van der Waals surface area (Å²) in [6, 6.07) is 8.51. The second-order valence-corrected chi connectivity index (χ2v) is 6.56. The third kappa shape index (κ3) is 3.89. The topological polar surface area (TPSA) is 96.2 Å². The lowest BCUT2D eigenvalue weighted by molar-refractivity contribution is -0.137. The molecule has 0 bridgehead atoms. The van der Waals surface area contributed by atoms with E-state index in [2.05, 4.69) is 0 Å². The fraction of sp³-hybridized carbons (Fsp3) is 0.273. The molecule has 0 radical (unpaired) electrons. The summed E-state index contributed by atoms with van der Waals surface area (Å²) in [5.74, 6) is 0.884. The number of nitrogens with zero attached hydrogens (tertiary/aromatic N) is 1. The maximum atomic E-state index is 13.2. The number of benzene rings is 2. The van der Waals surface area contributed by atoms with Gasteiger partial charge in [-0.05, 0) is 24.3 Å². The molecule has 0 atom stereocenters. The van der Waals surface area contributed by atoms with Crippen LogP contribution in [-0.2, 0) is 17.8 Å². The quantitative estimate of drug-likeness (QED) is 0.607. The minimum Gasteiger partial charge on any atom is -0.497 e. The standard InChI is InChI=1S/C22H23NO7/c1-27-15-6-7-17-16(10-15)20(26)14(11-23(17)12-19(24)25)9-13-5-8-18(28-2)22(30-4)21(13)29-3/h5-8,10-11H,9,12H2,1-4H3,(H,24,25). The van der Waals surface area contributed by atoms with E-state index in [0.29, 0.717) is 45.0 Å². The molecular weight excluding hydrogens is 390 g/mol. The number of hydrogen-bond acceptors (Lipinski definition) is 6. The summed E-state index contributed by atoms with van der Waals surface area (Å²) in [6.07, 6.45) is 1.79. The summed E-state index contributed by atoms with van der Waals surface area (Å²) in [5.41, 5.74) is 1.44. The number of carboxylic acid groups (broad SMARTS) is 1. The van der Waals surface area contributed by atoms with Crippen molar-refractivity contribution in [1.29, 1.82) is 0 Å². The zero-order chi connectivity index (χ0) is 21.8. The third-order valence-electron chi connectivity index (χ3n) is 4.83. The Hall–Kier alpha value is -3.68. The van der Waals surface area contributed by atoms with Crippen molar-refractivity contribution in [2.75, 3.05) is 28.4 Å². The van der Waals surface area contributed by atoms with Crippen molar-refractivity contribution in [1.82, 2.24) is 4.57 Å². The number of rotatable bonds is 8. The van der Waals surface area contributed by atoms with Crippen molar-refractivity contribution in [3.8, 4) is 23.0 Å². The van der Waals surface area contributed by atoms with E-state index in [1.54, 1.807) is 41.1 Å². The van der Waals surface area contributed by atoms with Crippen LogP contribution in [0.25, 0.3) is 10.9 Å². The van der Waals surface area contributed by atoms with Gasteiger partial charge >= 0.3 is 5.97 Å². The van der Waals surface area contributed by atoms with Crippen LogP contribution in [-0.4, -0.2) is 44.1 Å². The van der Waals surface area contributed by atoms with Crippen molar-refractivity contribution in [3.05, 3.63) is 57.9 Å². The van der Waals surface area contributed by atoms with E-state index in [0.717, 1.165) is 0 Å². The Balaban J connectivity index is 2.20. The second kappa shape index (κ2) is 8.77. The first-order valence-electron chi connectivity index (χ1n) is 9.13. The van der Waals surface area contributed by atoms with Gasteiger partial charge in [-0.3, -0.25) is 9.59 Å². The monoisotopic (exact) mass is 413 g/mol. The van der Waals surface area contributed by atoms with Gasteiger partial charge in [-0.25, -0.2) is 0 Å².